The van der Waals surface area contributed by atoms with E-state index in [0.29, 0.717) is 17.8 Å². The summed E-state index contributed by atoms with van der Waals surface area (Å²) in [5, 5.41) is 6.87. The summed E-state index contributed by atoms with van der Waals surface area (Å²) in [4.78, 5) is 12.2. The van der Waals surface area contributed by atoms with E-state index in [9.17, 15) is 4.79 Å². The third kappa shape index (κ3) is 3.13. The zero-order chi connectivity index (χ0) is 13.8. The number of benzene rings is 1. The van der Waals surface area contributed by atoms with E-state index in [1.54, 1.807) is 23.5 Å². The molecule has 0 saturated heterocycles. The molecule has 2 aromatic rings. The average molecular weight is 275 g/mol. The lowest BCUT2D eigenvalue weighted by Gasteiger charge is -2.16. The Hall–Kier alpha value is -1.85. The van der Waals surface area contributed by atoms with Crippen LogP contribution in [0, 0.1) is 6.92 Å². The molecule has 1 aromatic heterocycles. The fourth-order valence-corrected chi connectivity index (χ4v) is 2.49. The zero-order valence-electron chi connectivity index (χ0n) is 10.7. The number of rotatable bonds is 4. The van der Waals surface area contributed by atoms with Crippen molar-refractivity contribution in [1.29, 1.82) is 0 Å². The van der Waals surface area contributed by atoms with E-state index in [-0.39, 0.29) is 11.9 Å². The van der Waals surface area contributed by atoms with Gasteiger partial charge in [-0.3, -0.25) is 4.79 Å². The zero-order valence-corrected chi connectivity index (χ0v) is 11.5. The fourth-order valence-electron chi connectivity index (χ4n) is 1.77. The Bertz CT molecular complexity index is 566. The standard InChI is InChI=1S/C14H17N3OS/c1-9-2-3-10(6-12(9)16)14(18)17-13(7-15)11-4-5-19-8-11/h2-6,8,13H,7,15-16H2,1H3,(H,17,18). The second-order valence-electron chi connectivity index (χ2n) is 4.39. The largest absolute Gasteiger partial charge is 0.398 e. The molecule has 19 heavy (non-hydrogen) atoms. The summed E-state index contributed by atoms with van der Waals surface area (Å²) in [6.07, 6.45) is 0. The van der Waals surface area contributed by atoms with Crippen LogP contribution in [0.4, 0.5) is 5.69 Å². The van der Waals surface area contributed by atoms with Crippen molar-refractivity contribution in [2.75, 3.05) is 12.3 Å². The van der Waals surface area contributed by atoms with Crippen molar-refractivity contribution in [2.24, 2.45) is 5.73 Å². The van der Waals surface area contributed by atoms with Crippen LogP contribution in [0.2, 0.25) is 0 Å². The molecule has 4 nitrogen and oxygen atoms in total. The molecular weight excluding hydrogens is 258 g/mol. The quantitative estimate of drug-likeness (QED) is 0.747. The summed E-state index contributed by atoms with van der Waals surface area (Å²) >= 11 is 1.58. The predicted octanol–water partition coefficient (Wildman–Crippen LogP) is 2.07. The molecule has 0 bridgehead atoms. The lowest BCUT2D eigenvalue weighted by molar-refractivity contribution is 0.0938. The molecule has 0 aliphatic carbocycles. The molecule has 2 rings (SSSR count). The van der Waals surface area contributed by atoms with Crippen molar-refractivity contribution in [3.05, 3.63) is 51.7 Å². The molecule has 5 heteroatoms. The third-order valence-electron chi connectivity index (χ3n) is 3.03. The van der Waals surface area contributed by atoms with Crippen molar-refractivity contribution in [3.8, 4) is 0 Å². The molecule has 1 aromatic carbocycles. The van der Waals surface area contributed by atoms with Crippen LogP contribution in [0.3, 0.4) is 0 Å². The highest BCUT2D eigenvalue weighted by atomic mass is 32.1. The van der Waals surface area contributed by atoms with E-state index >= 15 is 0 Å². The van der Waals surface area contributed by atoms with Gasteiger partial charge in [-0.2, -0.15) is 11.3 Å². The second kappa shape index (κ2) is 5.86. The Morgan fingerprint density at radius 3 is 2.79 bits per heavy atom. The Balaban J connectivity index is 2.13. The molecule has 0 radical (unpaired) electrons. The summed E-state index contributed by atoms with van der Waals surface area (Å²) in [5.74, 6) is -0.159. The SMILES string of the molecule is Cc1ccc(C(=O)NC(CN)c2ccsc2)cc1N. The first kappa shape index (κ1) is 13.6. The fraction of sp³-hybridized carbons (Fsp3) is 0.214. The molecule has 1 atom stereocenters. The monoisotopic (exact) mass is 275 g/mol. The van der Waals surface area contributed by atoms with Crippen molar-refractivity contribution in [2.45, 2.75) is 13.0 Å². The molecule has 5 N–H and O–H groups in total. The van der Waals surface area contributed by atoms with E-state index in [2.05, 4.69) is 5.32 Å². The van der Waals surface area contributed by atoms with Gasteiger partial charge in [0.1, 0.15) is 0 Å². The van der Waals surface area contributed by atoms with E-state index < -0.39 is 0 Å². The topological polar surface area (TPSA) is 81.1 Å². The molecule has 0 aliphatic heterocycles. The second-order valence-corrected chi connectivity index (χ2v) is 5.17. The molecule has 1 amide bonds. The Labute approximate surface area is 116 Å². The summed E-state index contributed by atoms with van der Waals surface area (Å²) in [7, 11) is 0. The van der Waals surface area contributed by atoms with Gasteiger partial charge in [-0.1, -0.05) is 6.07 Å². The number of carbonyl (C=O) groups excluding carboxylic acids is 1. The number of nitrogens with two attached hydrogens (primary N) is 2. The van der Waals surface area contributed by atoms with Gasteiger partial charge in [-0.25, -0.2) is 0 Å². The lowest BCUT2D eigenvalue weighted by Crippen LogP contribution is -2.33. The highest BCUT2D eigenvalue weighted by Gasteiger charge is 2.15. The Kier molecular flexibility index (Phi) is 4.19. The highest BCUT2D eigenvalue weighted by molar-refractivity contribution is 7.07. The number of carbonyl (C=O) groups is 1. The maximum Gasteiger partial charge on any atom is 0.251 e. The van der Waals surface area contributed by atoms with Gasteiger partial charge in [0, 0.05) is 17.8 Å². The first-order chi connectivity index (χ1) is 9.11. The minimum atomic E-state index is -0.165. The molecule has 1 heterocycles. The molecular formula is C14H17N3OS. The van der Waals surface area contributed by atoms with Crippen LogP contribution in [-0.4, -0.2) is 12.5 Å². The van der Waals surface area contributed by atoms with Crippen LogP contribution in [-0.2, 0) is 0 Å². The van der Waals surface area contributed by atoms with Crippen molar-refractivity contribution in [1.82, 2.24) is 5.32 Å². The minimum Gasteiger partial charge on any atom is -0.398 e. The van der Waals surface area contributed by atoms with E-state index in [4.69, 9.17) is 11.5 Å². The van der Waals surface area contributed by atoms with Gasteiger partial charge in [0.05, 0.1) is 6.04 Å². The normalized spacial score (nSPS) is 12.1. The van der Waals surface area contributed by atoms with Gasteiger partial charge < -0.3 is 16.8 Å². The summed E-state index contributed by atoms with van der Waals surface area (Å²) in [6.45, 7) is 2.27. The minimum absolute atomic E-state index is 0.159. The average Bonchev–Trinajstić information content (AvgIpc) is 2.92. The number of aryl methyl sites for hydroxylation is 1. The summed E-state index contributed by atoms with van der Waals surface area (Å²) in [6, 6.07) is 7.09. The van der Waals surface area contributed by atoms with Gasteiger partial charge in [-0.05, 0) is 47.0 Å². The van der Waals surface area contributed by atoms with Gasteiger partial charge in [0.25, 0.3) is 5.91 Å². The third-order valence-corrected chi connectivity index (χ3v) is 3.73. The Morgan fingerprint density at radius 1 is 1.42 bits per heavy atom. The number of nitrogen functional groups attached to an aromatic ring is 1. The van der Waals surface area contributed by atoms with Crippen LogP contribution in [0.5, 0.6) is 0 Å². The number of nitrogens with one attached hydrogen (secondary N) is 1. The first-order valence-electron chi connectivity index (χ1n) is 6.01. The Morgan fingerprint density at radius 2 is 2.21 bits per heavy atom. The van der Waals surface area contributed by atoms with Crippen LogP contribution in [0.25, 0.3) is 0 Å². The number of anilines is 1. The molecule has 0 spiro atoms. The van der Waals surface area contributed by atoms with Crippen LogP contribution < -0.4 is 16.8 Å². The van der Waals surface area contributed by atoms with Crippen LogP contribution in [0.1, 0.15) is 27.5 Å². The lowest BCUT2D eigenvalue weighted by atomic mass is 10.1. The number of thiophene rings is 1. The van der Waals surface area contributed by atoms with Gasteiger partial charge >= 0.3 is 0 Å². The maximum atomic E-state index is 12.2. The number of hydrogen-bond acceptors (Lipinski definition) is 4. The molecule has 0 fully saturated rings. The van der Waals surface area contributed by atoms with E-state index in [1.807, 2.05) is 29.8 Å². The molecule has 0 saturated carbocycles. The van der Waals surface area contributed by atoms with Gasteiger partial charge in [-0.15, -0.1) is 0 Å². The van der Waals surface area contributed by atoms with Crippen molar-refractivity contribution < 1.29 is 4.79 Å². The summed E-state index contributed by atoms with van der Waals surface area (Å²) in [5.41, 5.74) is 14.7. The highest BCUT2D eigenvalue weighted by Crippen LogP contribution is 2.17. The van der Waals surface area contributed by atoms with E-state index in [1.165, 1.54) is 0 Å². The number of hydrogen-bond donors (Lipinski definition) is 3. The smallest absolute Gasteiger partial charge is 0.251 e. The predicted molar refractivity (Wildman–Crippen MR) is 79.2 cm³/mol. The van der Waals surface area contributed by atoms with Gasteiger partial charge in [0.2, 0.25) is 0 Å². The molecule has 100 valence electrons. The molecule has 0 aliphatic rings. The van der Waals surface area contributed by atoms with Crippen molar-refractivity contribution in [3.63, 3.8) is 0 Å². The van der Waals surface area contributed by atoms with Crippen molar-refractivity contribution >= 4 is 22.9 Å². The van der Waals surface area contributed by atoms with Gasteiger partial charge in [0.15, 0.2) is 0 Å². The summed E-state index contributed by atoms with van der Waals surface area (Å²) < 4.78 is 0. The molecule has 1 unspecified atom stereocenters. The first-order valence-corrected chi connectivity index (χ1v) is 6.95. The van der Waals surface area contributed by atoms with Crippen LogP contribution in [0.15, 0.2) is 35.0 Å². The van der Waals surface area contributed by atoms with Crippen LogP contribution >= 0.6 is 11.3 Å². The van der Waals surface area contributed by atoms with E-state index in [0.717, 1.165) is 11.1 Å². The maximum absolute atomic E-state index is 12.2. The number of amides is 1.